The average Bonchev–Trinajstić information content (AvgIpc) is 2.27. The summed E-state index contributed by atoms with van der Waals surface area (Å²) in [6.45, 7) is 2.09. The van der Waals surface area contributed by atoms with Gasteiger partial charge in [-0.25, -0.2) is 0 Å². The molecule has 0 spiro atoms. The molecule has 0 bridgehead atoms. The van der Waals surface area contributed by atoms with Crippen molar-refractivity contribution in [2.75, 3.05) is 12.0 Å². The van der Waals surface area contributed by atoms with Crippen molar-refractivity contribution < 1.29 is 4.74 Å². The second-order valence-corrected chi connectivity index (χ2v) is 5.39. The topological polar surface area (TPSA) is 35.2 Å². The zero-order chi connectivity index (χ0) is 11.5. The Morgan fingerprint density at radius 1 is 1.50 bits per heavy atom. The maximum Gasteiger partial charge on any atom is 0.124 e. The molecule has 0 amide bonds. The molecule has 0 aromatic heterocycles. The zero-order valence-electron chi connectivity index (χ0n) is 9.90. The lowest BCUT2D eigenvalue weighted by molar-refractivity contribution is 0.156. The lowest BCUT2D eigenvalue weighted by atomic mass is 9.95. The molecule has 16 heavy (non-hydrogen) atoms. The molecule has 0 fully saturated rings. The van der Waals surface area contributed by atoms with E-state index < -0.39 is 0 Å². The van der Waals surface area contributed by atoms with E-state index in [0.29, 0.717) is 0 Å². The Kier molecular flexibility index (Phi) is 3.77. The Morgan fingerprint density at radius 2 is 2.31 bits per heavy atom. The highest BCUT2D eigenvalue weighted by molar-refractivity contribution is 7.98. The van der Waals surface area contributed by atoms with Crippen molar-refractivity contribution >= 4 is 11.8 Å². The highest BCUT2D eigenvalue weighted by Crippen LogP contribution is 2.35. The van der Waals surface area contributed by atoms with Crippen LogP contribution in [0, 0.1) is 6.92 Å². The van der Waals surface area contributed by atoms with Crippen molar-refractivity contribution in [3.63, 3.8) is 0 Å². The van der Waals surface area contributed by atoms with E-state index in [1.165, 1.54) is 11.1 Å². The van der Waals surface area contributed by atoms with Crippen molar-refractivity contribution in [1.29, 1.82) is 0 Å². The van der Waals surface area contributed by atoms with Crippen LogP contribution in [-0.2, 0) is 0 Å². The molecular formula is C13H19NOS. The van der Waals surface area contributed by atoms with Gasteiger partial charge in [0.2, 0.25) is 0 Å². The summed E-state index contributed by atoms with van der Waals surface area (Å²) in [5.41, 5.74) is 8.61. The number of rotatable bonds is 3. The molecular weight excluding hydrogens is 218 g/mol. The van der Waals surface area contributed by atoms with E-state index in [9.17, 15) is 0 Å². The third kappa shape index (κ3) is 2.53. The van der Waals surface area contributed by atoms with Crippen LogP contribution in [0.2, 0.25) is 0 Å². The van der Waals surface area contributed by atoms with Gasteiger partial charge in [0.15, 0.2) is 0 Å². The van der Waals surface area contributed by atoms with Gasteiger partial charge < -0.3 is 10.5 Å². The van der Waals surface area contributed by atoms with Crippen molar-refractivity contribution in [1.82, 2.24) is 0 Å². The maximum absolute atomic E-state index is 6.19. The molecule has 0 radical (unpaired) electrons. The van der Waals surface area contributed by atoms with Crippen molar-refractivity contribution in [3.05, 3.63) is 29.3 Å². The molecule has 1 aromatic carbocycles. The van der Waals surface area contributed by atoms with Crippen LogP contribution in [0.5, 0.6) is 5.75 Å². The highest BCUT2D eigenvalue weighted by atomic mass is 32.2. The maximum atomic E-state index is 6.19. The Labute approximate surface area is 102 Å². The summed E-state index contributed by atoms with van der Waals surface area (Å²) in [5, 5.41) is 0. The van der Waals surface area contributed by atoms with Crippen molar-refractivity contribution in [2.45, 2.75) is 31.9 Å². The van der Waals surface area contributed by atoms with Gasteiger partial charge in [-0.05, 0) is 31.4 Å². The molecule has 3 heteroatoms. The largest absolute Gasteiger partial charge is 0.490 e. The Balaban J connectivity index is 2.13. The fraction of sp³-hybridized carbons (Fsp3) is 0.538. The highest BCUT2D eigenvalue weighted by Gasteiger charge is 2.25. The first-order chi connectivity index (χ1) is 7.70. The summed E-state index contributed by atoms with van der Waals surface area (Å²) in [7, 11) is 0. The number of thioether (sulfide) groups is 1. The minimum atomic E-state index is 0.135. The predicted molar refractivity (Wildman–Crippen MR) is 70.1 cm³/mol. The molecule has 2 atom stereocenters. The number of benzene rings is 1. The van der Waals surface area contributed by atoms with Crippen LogP contribution in [0.25, 0.3) is 0 Å². The third-order valence-electron chi connectivity index (χ3n) is 3.02. The summed E-state index contributed by atoms with van der Waals surface area (Å²) >= 11 is 1.86. The fourth-order valence-electron chi connectivity index (χ4n) is 2.13. The van der Waals surface area contributed by atoms with Crippen LogP contribution < -0.4 is 10.5 Å². The molecule has 0 saturated carbocycles. The second-order valence-electron chi connectivity index (χ2n) is 4.40. The molecule has 2 rings (SSSR count). The predicted octanol–water partition coefficient (Wildman–Crippen LogP) is 2.90. The van der Waals surface area contributed by atoms with Gasteiger partial charge in [-0.1, -0.05) is 17.7 Å². The van der Waals surface area contributed by atoms with Crippen LogP contribution >= 0.6 is 11.8 Å². The molecule has 1 aliphatic rings. The van der Waals surface area contributed by atoms with Gasteiger partial charge >= 0.3 is 0 Å². The van der Waals surface area contributed by atoms with Crippen LogP contribution in [0.4, 0.5) is 0 Å². The minimum absolute atomic E-state index is 0.135. The number of nitrogens with two attached hydrogens (primary N) is 1. The number of hydrogen-bond donors (Lipinski definition) is 1. The Bertz CT molecular complexity index is 367. The fourth-order valence-corrected chi connectivity index (χ4v) is 2.63. The summed E-state index contributed by atoms with van der Waals surface area (Å²) in [6, 6.07) is 6.42. The smallest absolute Gasteiger partial charge is 0.124 e. The van der Waals surface area contributed by atoms with E-state index in [1.54, 1.807) is 0 Å². The normalized spacial score (nSPS) is 23.7. The first kappa shape index (κ1) is 11.8. The van der Waals surface area contributed by atoms with Crippen LogP contribution in [0.3, 0.4) is 0 Å². The summed E-state index contributed by atoms with van der Waals surface area (Å²) < 4.78 is 5.97. The number of hydrogen-bond acceptors (Lipinski definition) is 3. The van der Waals surface area contributed by atoms with E-state index in [0.717, 1.165) is 24.3 Å². The van der Waals surface area contributed by atoms with Gasteiger partial charge in [0.05, 0.1) is 0 Å². The number of ether oxygens (including phenoxy) is 1. The van der Waals surface area contributed by atoms with Crippen molar-refractivity contribution in [2.24, 2.45) is 5.73 Å². The number of aryl methyl sites for hydroxylation is 1. The van der Waals surface area contributed by atoms with Gasteiger partial charge in [0, 0.05) is 18.0 Å². The summed E-state index contributed by atoms with van der Waals surface area (Å²) in [6.07, 6.45) is 4.44. The second kappa shape index (κ2) is 5.11. The quantitative estimate of drug-likeness (QED) is 0.878. The summed E-state index contributed by atoms with van der Waals surface area (Å²) in [4.78, 5) is 0. The first-order valence-electron chi connectivity index (χ1n) is 5.72. The standard InChI is InChI=1S/C13H19NOS/c1-9-3-4-13-11(7-9)12(14)8-10(15-13)5-6-16-2/h3-4,7,10,12H,5-6,8,14H2,1-2H3/t10?,12-/m1/s1. The summed E-state index contributed by atoms with van der Waals surface area (Å²) in [5.74, 6) is 2.12. The van der Waals surface area contributed by atoms with Gasteiger partial charge in [-0.3, -0.25) is 0 Å². The molecule has 1 unspecified atom stereocenters. The average molecular weight is 237 g/mol. The van der Waals surface area contributed by atoms with E-state index in [4.69, 9.17) is 10.5 Å². The molecule has 1 aromatic rings. The monoisotopic (exact) mass is 237 g/mol. The van der Waals surface area contributed by atoms with Crippen molar-refractivity contribution in [3.8, 4) is 5.75 Å². The van der Waals surface area contributed by atoms with Gasteiger partial charge in [0.1, 0.15) is 11.9 Å². The first-order valence-corrected chi connectivity index (χ1v) is 7.12. The van der Waals surface area contributed by atoms with Crippen LogP contribution in [-0.4, -0.2) is 18.1 Å². The SMILES string of the molecule is CSCCC1C[C@@H](N)c2cc(C)ccc2O1. The third-order valence-corrected chi connectivity index (χ3v) is 3.66. The van der Waals surface area contributed by atoms with Gasteiger partial charge in [0.25, 0.3) is 0 Å². The zero-order valence-corrected chi connectivity index (χ0v) is 10.7. The van der Waals surface area contributed by atoms with E-state index in [1.807, 2.05) is 11.8 Å². The minimum Gasteiger partial charge on any atom is -0.490 e. The number of fused-ring (bicyclic) bond motifs is 1. The van der Waals surface area contributed by atoms with Gasteiger partial charge in [-0.2, -0.15) is 11.8 Å². The molecule has 2 N–H and O–H groups in total. The van der Waals surface area contributed by atoms with E-state index in [2.05, 4.69) is 31.4 Å². The van der Waals surface area contributed by atoms with E-state index >= 15 is 0 Å². The molecule has 0 saturated heterocycles. The Morgan fingerprint density at radius 3 is 3.06 bits per heavy atom. The lowest BCUT2D eigenvalue weighted by Gasteiger charge is -2.30. The molecule has 0 aliphatic carbocycles. The Hall–Kier alpha value is -0.670. The van der Waals surface area contributed by atoms with E-state index in [-0.39, 0.29) is 12.1 Å². The molecule has 2 nitrogen and oxygen atoms in total. The van der Waals surface area contributed by atoms with Gasteiger partial charge in [-0.15, -0.1) is 0 Å². The molecule has 1 heterocycles. The lowest BCUT2D eigenvalue weighted by Crippen LogP contribution is -2.30. The molecule has 88 valence electrons. The van der Waals surface area contributed by atoms with Crippen LogP contribution in [0.1, 0.15) is 30.0 Å². The molecule has 1 aliphatic heterocycles. The van der Waals surface area contributed by atoms with Crippen LogP contribution in [0.15, 0.2) is 18.2 Å².